The first kappa shape index (κ1) is 19.8. The summed E-state index contributed by atoms with van der Waals surface area (Å²) in [5.41, 5.74) is 3.13. The molecule has 1 heterocycles. The molecule has 0 atom stereocenters. The van der Waals surface area contributed by atoms with Crippen LogP contribution in [0, 0.1) is 11.7 Å². The van der Waals surface area contributed by atoms with Crippen molar-refractivity contribution < 1.29 is 14.0 Å². The summed E-state index contributed by atoms with van der Waals surface area (Å²) >= 11 is 0. The van der Waals surface area contributed by atoms with Crippen LogP contribution in [0.4, 0.5) is 10.1 Å². The maximum absolute atomic E-state index is 13.7. The maximum Gasteiger partial charge on any atom is 0.253 e. The highest BCUT2D eigenvalue weighted by Crippen LogP contribution is 2.28. The predicted octanol–water partition coefficient (Wildman–Crippen LogP) is 4.56. The van der Waals surface area contributed by atoms with Gasteiger partial charge in [0.15, 0.2) is 0 Å². The molecule has 0 spiro atoms. The number of nitrogens with zero attached hydrogens (tertiary/aromatic N) is 1. The summed E-state index contributed by atoms with van der Waals surface area (Å²) < 4.78 is 13.7. The third-order valence-electron chi connectivity index (χ3n) is 5.34. The Hall–Kier alpha value is -3.54. The van der Waals surface area contributed by atoms with Gasteiger partial charge in [-0.3, -0.25) is 14.6 Å². The zero-order valence-electron chi connectivity index (χ0n) is 16.4. The molecule has 2 amide bonds. The van der Waals surface area contributed by atoms with E-state index in [1.54, 1.807) is 30.5 Å². The fourth-order valence-electron chi connectivity index (χ4n) is 3.33. The van der Waals surface area contributed by atoms with Crippen molar-refractivity contribution in [1.29, 1.82) is 0 Å². The van der Waals surface area contributed by atoms with Gasteiger partial charge in [-0.2, -0.15) is 0 Å². The summed E-state index contributed by atoms with van der Waals surface area (Å²) in [5, 5.41) is 5.68. The number of benzene rings is 2. The minimum Gasteiger partial charge on any atom is -0.348 e. The Morgan fingerprint density at radius 3 is 2.60 bits per heavy atom. The minimum atomic E-state index is -0.356. The largest absolute Gasteiger partial charge is 0.348 e. The van der Waals surface area contributed by atoms with Gasteiger partial charge in [0.1, 0.15) is 5.82 Å². The van der Waals surface area contributed by atoms with Gasteiger partial charge in [-0.05, 0) is 42.7 Å². The molecular weight excluding hydrogens is 381 g/mol. The summed E-state index contributed by atoms with van der Waals surface area (Å²) in [6, 6.07) is 15.5. The van der Waals surface area contributed by atoms with Crippen molar-refractivity contribution in [3.8, 4) is 11.1 Å². The molecule has 1 aromatic heterocycles. The number of carbonyl (C=O) groups excluding carboxylic acids is 2. The normalized spacial score (nSPS) is 13.4. The van der Waals surface area contributed by atoms with Crippen LogP contribution in [0.5, 0.6) is 0 Å². The first-order chi connectivity index (χ1) is 14.6. The van der Waals surface area contributed by atoms with Gasteiger partial charge in [-0.15, -0.1) is 0 Å². The Bertz CT molecular complexity index is 1080. The Morgan fingerprint density at radius 2 is 1.83 bits per heavy atom. The molecule has 0 radical (unpaired) electrons. The fourth-order valence-corrected chi connectivity index (χ4v) is 3.33. The fraction of sp³-hybridized carbons (Fsp3) is 0.208. The SMILES string of the molecule is O=C(NCc1ccccc1F)c1cncc(-c2cccc(NC(=O)C3CCC3)c2)c1. The van der Waals surface area contributed by atoms with Gasteiger partial charge in [-0.1, -0.05) is 36.8 Å². The van der Waals surface area contributed by atoms with Gasteiger partial charge in [0, 0.05) is 41.7 Å². The van der Waals surface area contributed by atoms with E-state index < -0.39 is 0 Å². The standard InChI is InChI=1S/C24H22FN3O2/c25-22-10-2-1-5-18(22)15-27-23(29)20-11-19(13-26-14-20)17-8-4-9-21(12-17)28-24(30)16-6-3-7-16/h1-2,4-5,8-14,16H,3,6-7,15H2,(H,27,29)(H,28,30). The van der Waals surface area contributed by atoms with Crippen molar-refractivity contribution in [2.75, 3.05) is 5.32 Å². The highest BCUT2D eigenvalue weighted by molar-refractivity contribution is 5.96. The number of pyridine rings is 1. The van der Waals surface area contributed by atoms with Crippen LogP contribution in [0.25, 0.3) is 11.1 Å². The van der Waals surface area contributed by atoms with Crippen molar-refractivity contribution >= 4 is 17.5 Å². The summed E-state index contributed by atoms with van der Waals surface area (Å²) in [4.78, 5) is 28.9. The summed E-state index contributed by atoms with van der Waals surface area (Å²) in [5.74, 6) is -0.526. The topological polar surface area (TPSA) is 71.1 Å². The van der Waals surface area contributed by atoms with Crippen LogP contribution in [-0.2, 0) is 11.3 Å². The van der Waals surface area contributed by atoms with Gasteiger partial charge in [0.05, 0.1) is 5.56 Å². The lowest BCUT2D eigenvalue weighted by atomic mass is 9.85. The maximum atomic E-state index is 13.7. The highest BCUT2D eigenvalue weighted by atomic mass is 19.1. The molecule has 3 aromatic rings. The quantitative estimate of drug-likeness (QED) is 0.634. The molecule has 0 aliphatic heterocycles. The van der Waals surface area contributed by atoms with E-state index in [4.69, 9.17) is 0 Å². The molecule has 1 aliphatic rings. The molecular formula is C24H22FN3O2. The van der Waals surface area contributed by atoms with Crippen LogP contribution < -0.4 is 10.6 Å². The monoisotopic (exact) mass is 403 g/mol. The summed E-state index contributed by atoms with van der Waals surface area (Å²) in [6.45, 7) is 0.0957. The van der Waals surface area contributed by atoms with E-state index in [1.807, 2.05) is 24.3 Å². The number of rotatable bonds is 6. The second-order valence-electron chi connectivity index (χ2n) is 7.43. The van der Waals surface area contributed by atoms with E-state index >= 15 is 0 Å². The number of amides is 2. The molecule has 30 heavy (non-hydrogen) atoms. The molecule has 1 fully saturated rings. The van der Waals surface area contributed by atoms with Gasteiger partial charge in [-0.25, -0.2) is 4.39 Å². The Balaban J connectivity index is 1.46. The van der Waals surface area contributed by atoms with E-state index in [9.17, 15) is 14.0 Å². The van der Waals surface area contributed by atoms with Crippen LogP contribution in [0.2, 0.25) is 0 Å². The van der Waals surface area contributed by atoms with Gasteiger partial charge in [0.2, 0.25) is 5.91 Å². The van der Waals surface area contributed by atoms with Crippen LogP contribution in [-0.4, -0.2) is 16.8 Å². The van der Waals surface area contributed by atoms with Crippen molar-refractivity contribution in [2.45, 2.75) is 25.8 Å². The number of hydrogen-bond donors (Lipinski definition) is 2. The minimum absolute atomic E-state index is 0.0535. The van der Waals surface area contributed by atoms with E-state index in [1.165, 1.54) is 12.3 Å². The van der Waals surface area contributed by atoms with Crippen LogP contribution in [0.1, 0.15) is 35.2 Å². The van der Waals surface area contributed by atoms with Gasteiger partial charge < -0.3 is 10.6 Å². The van der Waals surface area contributed by atoms with E-state index in [0.717, 1.165) is 36.1 Å². The zero-order valence-corrected chi connectivity index (χ0v) is 16.4. The molecule has 0 unspecified atom stereocenters. The molecule has 2 N–H and O–H groups in total. The predicted molar refractivity (Wildman–Crippen MR) is 113 cm³/mol. The summed E-state index contributed by atoms with van der Waals surface area (Å²) in [6.07, 6.45) is 6.14. The third kappa shape index (κ3) is 4.54. The number of halogens is 1. The smallest absolute Gasteiger partial charge is 0.253 e. The number of nitrogens with one attached hydrogen (secondary N) is 2. The van der Waals surface area contributed by atoms with Crippen molar-refractivity contribution in [3.63, 3.8) is 0 Å². The van der Waals surface area contributed by atoms with Gasteiger partial charge >= 0.3 is 0 Å². The lowest BCUT2D eigenvalue weighted by Crippen LogP contribution is -2.27. The number of carbonyl (C=O) groups is 2. The molecule has 5 nitrogen and oxygen atoms in total. The molecule has 4 rings (SSSR count). The van der Waals surface area contributed by atoms with Crippen molar-refractivity contribution in [1.82, 2.24) is 10.3 Å². The van der Waals surface area contributed by atoms with Crippen LogP contribution in [0.3, 0.4) is 0 Å². The highest BCUT2D eigenvalue weighted by Gasteiger charge is 2.25. The van der Waals surface area contributed by atoms with E-state index in [2.05, 4.69) is 15.6 Å². The second kappa shape index (κ2) is 8.86. The average Bonchev–Trinajstić information content (AvgIpc) is 2.72. The van der Waals surface area contributed by atoms with Gasteiger partial charge in [0.25, 0.3) is 5.91 Å². The average molecular weight is 403 g/mol. The Kier molecular flexibility index (Phi) is 5.84. The summed E-state index contributed by atoms with van der Waals surface area (Å²) in [7, 11) is 0. The lowest BCUT2D eigenvalue weighted by Gasteiger charge is -2.24. The lowest BCUT2D eigenvalue weighted by molar-refractivity contribution is -0.122. The van der Waals surface area contributed by atoms with E-state index in [-0.39, 0.29) is 30.1 Å². The Labute approximate surface area is 174 Å². The van der Waals surface area contributed by atoms with Crippen LogP contribution >= 0.6 is 0 Å². The Morgan fingerprint density at radius 1 is 1.00 bits per heavy atom. The second-order valence-corrected chi connectivity index (χ2v) is 7.43. The number of hydrogen-bond acceptors (Lipinski definition) is 3. The number of anilines is 1. The molecule has 1 aliphatic carbocycles. The van der Waals surface area contributed by atoms with Crippen molar-refractivity contribution in [3.05, 3.63) is 83.9 Å². The molecule has 152 valence electrons. The van der Waals surface area contributed by atoms with E-state index in [0.29, 0.717) is 11.1 Å². The zero-order chi connectivity index (χ0) is 20.9. The first-order valence-electron chi connectivity index (χ1n) is 9.98. The molecule has 0 saturated heterocycles. The first-order valence-corrected chi connectivity index (χ1v) is 9.98. The molecule has 6 heteroatoms. The molecule has 0 bridgehead atoms. The number of aromatic nitrogens is 1. The molecule has 2 aromatic carbocycles. The van der Waals surface area contributed by atoms with Crippen molar-refractivity contribution in [2.24, 2.45) is 5.92 Å². The molecule has 1 saturated carbocycles. The van der Waals surface area contributed by atoms with Crippen LogP contribution in [0.15, 0.2) is 67.0 Å². The third-order valence-corrected chi connectivity index (χ3v) is 5.34.